The molecule has 0 unspecified atom stereocenters. The standard InChI is InChI=1S/C17H23BrNO5P/c1-5-19(6-2)14-11-15-12(9-13(14)18)10-16(17(20)24-15)25(21,22-7-3)23-8-4/h9-11H,5-8H2,1-4H3. The van der Waals surface area contributed by atoms with Gasteiger partial charge in [-0.2, -0.15) is 0 Å². The van der Waals surface area contributed by atoms with Crippen molar-refractivity contribution in [2.75, 3.05) is 31.2 Å². The molecule has 1 heterocycles. The number of rotatable bonds is 8. The number of hydrogen-bond acceptors (Lipinski definition) is 6. The van der Waals surface area contributed by atoms with Gasteiger partial charge in [0.25, 0.3) is 0 Å². The zero-order valence-corrected chi connectivity index (χ0v) is 17.4. The van der Waals surface area contributed by atoms with Crippen molar-refractivity contribution >= 4 is 45.5 Å². The van der Waals surface area contributed by atoms with Gasteiger partial charge in [0.15, 0.2) is 5.30 Å². The highest BCUT2D eigenvalue weighted by Crippen LogP contribution is 2.46. The molecule has 25 heavy (non-hydrogen) atoms. The Balaban J connectivity index is 2.65. The van der Waals surface area contributed by atoms with Gasteiger partial charge in [-0.25, -0.2) is 4.79 Å². The fraction of sp³-hybridized carbons (Fsp3) is 0.471. The monoisotopic (exact) mass is 431 g/mol. The van der Waals surface area contributed by atoms with Crippen molar-refractivity contribution in [1.29, 1.82) is 0 Å². The van der Waals surface area contributed by atoms with Crippen LogP contribution in [0.5, 0.6) is 0 Å². The van der Waals surface area contributed by atoms with Crippen molar-refractivity contribution < 1.29 is 18.0 Å². The fourth-order valence-electron chi connectivity index (χ4n) is 2.63. The predicted molar refractivity (Wildman–Crippen MR) is 104 cm³/mol. The van der Waals surface area contributed by atoms with Crippen LogP contribution in [0.25, 0.3) is 11.0 Å². The van der Waals surface area contributed by atoms with E-state index in [1.54, 1.807) is 13.8 Å². The molecule has 2 aromatic rings. The Hall–Kier alpha value is -1.14. The summed E-state index contributed by atoms with van der Waals surface area (Å²) in [6.45, 7) is 9.49. The third kappa shape index (κ3) is 4.17. The minimum atomic E-state index is -3.70. The summed E-state index contributed by atoms with van der Waals surface area (Å²) in [5, 5.41) is 0.572. The van der Waals surface area contributed by atoms with E-state index in [2.05, 4.69) is 34.7 Å². The molecular weight excluding hydrogens is 409 g/mol. The summed E-state index contributed by atoms with van der Waals surface area (Å²) in [5.74, 6) is 0. The van der Waals surface area contributed by atoms with Crippen molar-refractivity contribution in [3.63, 3.8) is 0 Å². The van der Waals surface area contributed by atoms with Crippen molar-refractivity contribution in [3.8, 4) is 0 Å². The molecule has 0 spiro atoms. The van der Waals surface area contributed by atoms with Crippen LogP contribution in [0.3, 0.4) is 0 Å². The first kappa shape index (κ1) is 20.2. The Bertz CT molecular complexity index is 837. The largest absolute Gasteiger partial charge is 0.422 e. The van der Waals surface area contributed by atoms with Crippen molar-refractivity contribution in [2.24, 2.45) is 0 Å². The lowest BCUT2D eigenvalue weighted by molar-refractivity contribution is 0.229. The van der Waals surface area contributed by atoms with Crippen LogP contribution in [-0.2, 0) is 13.6 Å². The van der Waals surface area contributed by atoms with Crippen LogP contribution in [0.15, 0.2) is 31.9 Å². The molecule has 0 aliphatic heterocycles. The molecule has 0 radical (unpaired) electrons. The van der Waals surface area contributed by atoms with Gasteiger partial charge in [-0.1, -0.05) is 0 Å². The zero-order chi connectivity index (χ0) is 18.6. The lowest BCUT2D eigenvalue weighted by Gasteiger charge is -2.23. The van der Waals surface area contributed by atoms with E-state index in [1.165, 1.54) is 6.07 Å². The Morgan fingerprint density at radius 1 is 1.08 bits per heavy atom. The van der Waals surface area contributed by atoms with Gasteiger partial charge in [0.2, 0.25) is 0 Å². The molecule has 0 fully saturated rings. The molecule has 2 rings (SSSR count). The summed E-state index contributed by atoms with van der Waals surface area (Å²) in [4.78, 5) is 14.6. The van der Waals surface area contributed by atoms with E-state index < -0.39 is 13.2 Å². The molecule has 1 aromatic carbocycles. The Labute approximate surface area is 155 Å². The molecule has 0 aliphatic carbocycles. The predicted octanol–water partition coefficient (Wildman–Crippen LogP) is 4.29. The maximum Gasteiger partial charge on any atom is 0.368 e. The number of hydrogen-bond donors (Lipinski definition) is 0. The van der Waals surface area contributed by atoms with Crippen LogP contribution >= 0.6 is 23.5 Å². The molecule has 138 valence electrons. The van der Waals surface area contributed by atoms with E-state index >= 15 is 0 Å². The first-order valence-electron chi connectivity index (χ1n) is 8.32. The quantitative estimate of drug-likeness (QED) is 0.458. The number of fused-ring (bicyclic) bond motifs is 1. The topological polar surface area (TPSA) is 69.0 Å². The van der Waals surface area contributed by atoms with Gasteiger partial charge in [0.05, 0.1) is 18.9 Å². The van der Waals surface area contributed by atoms with Crippen LogP contribution in [0.2, 0.25) is 0 Å². The second-order valence-electron chi connectivity index (χ2n) is 5.27. The summed E-state index contributed by atoms with van der Waals surface area (Å²) in [6, 6.07) is 5.19. The Morgan fingerprint density at radius 2 is 1.68 bits per heavy atom. The van der Waals surface area contributed by atoms with E-state index in [0.717, 1.165) is 23.2 Å². The van der Waals surface area contributed by atoms with Gasteiger partial charge in [0, 0.05) is 29.0 Å². The maximum absolute atomic E-state index is 12.9. The molecule has 0 N–H and O–H groups in total. The maximum atomic E-state index is 12.9. The second-order valence-corrected chi connectivity index (χ2v) is 8.11. The molecular formula is C17H23BrNO5P. The molecule has 0 bridgehead atoms. The average Bonchev–Trinajstić information content (AvgIpc) is 2.56. The first-order valence-corrected chi connectivity index (χ1v) is 10.7. The van der Waals surface area contributed by atoms with Crippen molar-refractivity contribution in [1.82, 2.24) is 0 Å². The summed E-state index contributed by atoms with van der Waals surface area (Å²) in [6.07, 6.45) is 0. The van der Waals surface area contributed by atoms with Gasteiger partial charge in [0.1, 0.15) is 5.58 Å². The highest BCUT2D eigenvalue weighted by molar-refractivity contribution is 9.10. The molecule has 8 heteroatoms. The van der Waals surface area contributed by atoms with Crippen LogP contribution in [-0.4, -0.2) is 26.3 Å². The van der Waals surface area contributed by atoms with Crippen LogP contribution in [0.4, 0.5) is 5.69 Å². The third-order valence-corrected chi connectivity index (χ3v) is 6.51. The summed E-state index contributed by atoms with van der Waals surface area (Å²) >= 11 is 3.56. The lowest BCUT2D eigenvalue weighted by atomic mass is 10.2. The SMILES string of the molecule is CCOP(=O)(OCC)c1cc2cc(Br)c(N(CC)CC)cc2oc1=O. The second kappa shape index (κ2) is 8.49. The van der Waals surface area contributed by atoms with E-state index in [4.69, 9.17) is 13.5 Å². The highest BCUT2D eigenvalue weighted by Gasteiger charge is 2.31. The van der Waals surface area contributed by atoms with Gasteiger partial charge >= 0.3 is 13.2 Å². The summed E-state index contributed by atoms with van der Waals surface area (Å²) < 4.78 is 29.7. The average molecular weight is 432 g/mol. The third-order valence-electron chi connectivity index (χ3n) is 3.78. The summed E-state index contributed by atoms with van der Waals surface area (Å²) in [7, 11) is -3.70. The Kier molecular flexibility index (Phi) is 6.86. The zero-order valence-electron chi connectivity index (χ0n) is 14.9. The summed E-state index contributed by atoms with van der Waals surface area (Å²) in [5.41, 5.74) is 0.662. The van der Waals surface area contributed by atoms with E-state index in [9.17, 15) is 9.36 Å². The number of anilines is 1. The van der Waals surface area contributed by atoms with Crippen LogP contribution in [0, 0.1) is 0 Å². The molecule has 0 amide bonds. The normalized spacial score (nSPS) is 11.9. The number of halogens is 1. The van der Waals surface area contributed by atoms with Gasteiger partial charge in [-0.05, 0) is 55.8 Å². The Morgan fingerprint density at radius 3 is 2.20 bits per heavy atom. The van der Waals surface area contributed by atoms with Crippen molar-refractivity contribution in [2.45, 2.75) is 27.7 Å². The fourth-order valence-corrected chi connectivity index (χ4v) is 4.84. The van der Waals surface area contributed by atoms with Gasteiger partial charge in [-0.15, -0.1) is 0 Å². The van der Waals surface area contributed by atoms with Crippen LogP contribution in [0.1, 0.15) is 27.7 Å². The minimum absolute atomic E-state index is 0.0776. The van der Waals surface area contributed by atoms with Crippen molar-refractivity contribution in [3.05, 3.63) is 33.1 Å². The van der Waals surface area contributed by atoms with E-state index in [1.807, 2.05) is 12.1 Å². The molecule has 0 saturated carbocycles. The smallest absolute Gasteiger partial charge is 0.368 e. The lowest BCUT2D eigenvalue weighted by Crippen LogP contribution is -2.26. The molecule has 1 aromatic heterocycles. The molecule has 0 saturated heterocycles. The highest BCUT2D eigenvalue weighted by atomic mass is 79.9. The first-order chi connectivity index (χ1) is 11.9. The molecule has 6 nitrogen and oxygen atoms in total. The van der Waals surface area contributed by atoms with Gasteiger partial charge < -0.3 is 18.4 Å². The number of nitrogens with zero attached hydrogens (tertiary/aromatic N) is 1. The number of benzene rings is 1. The van der Waals surface area contributed by atoms with Gasteiger partial charge in [-0.3, -0.25) is 4.57 Å². The molecule has 0 aliphatic rings. The van der Waals surface area contributed by atoms with E-state index in [0.29, 0.717) is 11.0 Å². The minimum Gasteiger partial charge on any atom is -0.422 e. The van der Waals surface area contributed by atoms with Crippen LogP contribution < -0.4 is 15.8 Å². The molecule has 0 atom stereocenters. The van der Waals surface area contributed by atoms with E-state index in [-0.39, 0.29) is 18.5 Å².